The van der Waals surface area contributed by atoms with E-state index < -0.39 is 0 Å². The molecule has 1 aliphatic rings. The van der Waals surface area contributed by atoms with E-state index in [9.17, 15) is 4.79 Å². The summed E-state index contributed by atoms with van der Waals surface area (Å²) in [5, 5.41) is 2.97. The second kappa shape index (κ2) is 10.9. The Bertz CT molecular complexity index is 559. The predicted octanol–water partition coefficient (Wildman–Crippen LogP) is 3.24. The van der Waals surface area contributed by atoms with Crippen LogP contribution in [0.5, 0.6) is 11.5 Å². The van der Waals surface area contributed by atoms with Crippen LogP contribution in [0.25, 0.3) is 0 Å². The van der Waals surface area contributed by atoms with Gasteiger partial charge in [-0.25, -0.2) is 4.79 Å². The maximum Gasteiger partial charge on any atom is 0.317 e. The molecule has 1 aromatic carbocycles. The highest BCUT2D eigenvalue weighted by Crippen LogP contribution is 2.28. The number of likely N-dealkylation sites (N-methyl/N-ethyl adjacent to an activating group) is 1. The highest BCUT2D eigenvalue weighted by molar-refractivity contribution is 5.73. The van der Waals surface area contributed by atoms with Crippen molar-refractivity contribution in [1.82, 2.24) is 10.2 Å². The summed E-state index contributed by atoms with van der Waals surface area (Å²) in [5.74, 6) is 1.51. The number of hydrogen-bond donors (Lipinski definition) is 1. The Morgan fingerprint density at radius 3 is 2.69 bits per heavy atom. The number of benzene rings is 1. The highest BCUT2D eigenvalue weighted by atomic mass is 16.5. The maximum atomic E-state index is 12.2. The molecule has 1 heterocycles. The Kier molecular flexibility index (Phi) is 8.54. The molecule has 0 aliphatic carbocycles. The fourth-order valence-electron chi connectivity index (χ4n) is 3.04. The van der Waals surface area contributed by atoms with Crippen LogP contribution in [0.1, 0.15) is 38.7 Å². The molecule has 1 aromatic rings. The molecule has 26 heavy (non-hydrogen) atoms. The van der Waals surface area contributed by atoms with Gasteiger partial charge >= 0.3 is 6.03 Å². The standard InChI is InChI=1S/C20H32N2O4/c1-4-24-18-10-9-16(14-19(18)25-5-2)11-12-21-20(23)22(3)15-17-8-6-7-13-26-17/h9-10,14,17H,4-8,11-13,15H2,1-3H3,(H,21,23). The molecule has 1 aliphatic heterocycles. The van der Waals surface area contributed by atoms with Gasteiger partial charge in [0.05, 0.1) is 19.3 Å². The molecule has 1 unspecified atom stereocenters. The molecule has 1 fully saturated rings. The average Bonchev–Trinajstić information content (AvgIpc) is 2.65. The van der Waals surface area contributed by atoms with Crippen molar-refractivity contribution in [2.24, 2.45) is 0 Å². The summed E-state index contributed by atoms with van der Waals surface area (Å²) in [4.78, 5) is 13.9. The van der Waals surface area contributed by atoms with Crippen molar-refractivity contribution in [2.45, 2.75) is 45.6 Å². The Labute approximate surface area is 156 Å². The van der Waals surface area contributed by atoms with Crippen LogP contribution in [-0.2, 0) is 11.2 Å². The molecule has 0 bridgehead atoms. The van der Waals surface area contributed by atoms with Gasteiger partial charge in [0.25, 0.3) is 0 Å². The lowest BCUT2D eigenvalue weighted by Gasteiger charge is -2.27. The molecule has 146 valence electrons. The van der Waals surface area contributed by atoms with E-state index in [1.165, 1.54) is 6.42 Å². The topological polar surface area (TPSA) is 60.0 Å². The molecule has 0 radical (unpaired) electrons. The number of hydrogen-bond acceptors (Lipinski definition) is 4. The van der Waals surface area contributed by atoms with Gasteiger partial charge in [-0.3, -0.25) is 0 Å². The van der Waals surface area contributed by atoms with Crippen LogP contribution in [0.3, 0.4) is 0 Å². The normalized spacial score (nSPS) is 16.8. The average molecular weight is 364 g/mol. The number of nitrogens with zero attached hydrogens (tertiary/aromatic N) is 1. The predicted molar refractivity (Wildman–Crippen MR) is 102 cm³/mol. The molecular weight excluding hydrogens is 332 g/mol. The third-order valence-electron chi connectivity index (χ3n) is 4.40. The number of urea groups is 1. The molecule has 1 saturated heterocycles. The minimum absolute atomic E-state index is 0.0601. The third-order valence-corrected chi connectivity index (χ3v) is 4.40. The number of carbonyl (C=O) groups excluding carboxylic acids is 1. The summed E-state index contributed by atoms with van der Waals surface area (Å²) in [7, 11) is 1.82. The van der Waals surface area contributed by atoms with Gasteiger partial charge < -0.3 is 24.4 Å². The Morgan fingerprint density at radius 1 is 1.23 bits per heavy atom. The van der Waals surface area contributed by atoms with E-state index in [0.717, 1.165) is 42.9 Å². The van der Waals surface area contributed by atoms with Crippen molar-refractivity contribution < 1.29 is 19.0 Å². The van der Waals surface area contributed by atoms with E-state index in [0.29, 0.717) is 26.3 Å². The maximum absolute atomic E-state index is 12.2. The van der Waals surface area contributed by atoms with Gasteiger partial charge in [-0.2, -0.15) is 0 Å². The van der Waals surface area contributed by atoms with Crippen molar-refractivity contribution in [2.75, 3.05) is 40.0 Å². The van der Waals surface area contributed by atoms with Gasteiger partial charge in [-0.15, -0.1) is 0 Å². The first-order chi connectivity index (χ1) is 12.6. The van der Waals surface area contributed by atoms with Gasteiger partial charge in [0.1, 0.15) is 0 Å². The first kappa shape index (κ1) is 20.4. The zero-order valence-corrected chi connectivity index (χ0v) is 16.3. The number of amides is 2. The van der Waals surface area contributed by atoms with E-state index >= 15 is 0 Å². The number of nitrogens with one attached hydrogen (secondary N) is 1. The Morgan fingerprint density at radius 2 is 2.00 bits per heavy atom. The summed E-state index contributed by atoms with van der Waals surface area (Å²) in [5.41, 5.74) is 1.11. The van der Waals surface area contributed by atoms with Crippen LogP contribution in [0.15, 0.2) is 18.2 Å². The molecular formula is C20H32N2O4. The van der Waals surface area contributed by atoms with Crippen LogP contribution in [0, 0.1) is 0 Å². The minimum atomic E-state index is -0.0601. The zero-order valence-electron chi connectivity index (χ0n) is 16.3. The lowest BCUT2D eigenvalue weighted by molar-refractivity contribution is 0.00388. The number of carbonyl (C=O) groups is 1. The second-order valence-electron chi connectivity index (χ2n) is 6.50. The van der Waals surface area contributed by atoms with Crippen molar-refractivity contribution in [1.29, 1.82) is 0 Å². The monoisotopic (exact) mass is 364 g/mol. The molecule has 0 spiro atoms. The molecule has 2 amide bonds. The largest absolute Gasteiger partial charge is 0.490 e. The Balaban J connectivity index is 1.78. The first-order valence-electron chi connectivity index (χ1n) is 9.63. The van der Waals surface area contributed by atoms with Crippen molar-refractivity contribution in [3.05, 3.63) is 23.8 Å². The van der Waals surface area contributed by atoms with Gasteiger partial charge in [-0.05, 0) is 57.2 Å². The van der Waals surface area contributed by atoms with Gasteiger partial charge in [0, 0.05) is 26.7 Å². The molecule has 2 rings (SSSR count). The molecule has 0 aromatic heterocycles. The number of rotatable bonds is 9. The lowest BCUT2D eigenvalue weighted by atomic mass is 10.1. The van der Waals surface area contributed by atoms with E-state index in [-0.39, 0.29) is 12.1 Å². The smallest absolute Gasteiger partial charge is 0.317 e. The van der Waals surface area contributed by atoms with Crippen LogP contribution in [0.2, 0.25) is 0 Å². The quantitative estimate of drug-likeness (QED) is 0.731. The van der Waals surface area contributed by atoms with Crippen LogP contribution < -0.4 is 14.8 Å². The summed E-state index contributed by atoms with van der Waals surface area (Å²) in [6, 6.07) is 5.87. The van der Waals surface area contributed by atoms with Gasteiger partial charge in [0.2, 0.25) is 0 Å². The van der Waals surface area contributed by atoms with Crippen LogP contribution in [-0.4, -0.2) is 57.0 Å². The van der Waals surface area contributed by atoms with Crippen molar-refractivity contribution in [3.63, 3.8) is 0 Å². The SMILES string of the molecule is CCOc1ccc(CCNC(=O)N(C)CC2CCCCO2)cc1OCC. The van der Waals surface area contributed by atoms with Crippen LogP contribution >= 0.6 is 0 Å². The van der Waals surface area contributed by atoms with E-state index in [1.807, 2.05) is 39.1 Å². The third kappa shape index (κ3) is 6.41. The second-order valence-corrected chi connectivity index (χ2v) is 6.50. The van der Waals surface area contributed by atoms with Crippen molar-refractivity contribution >= 4 is 6.03 Å². The Hall–Kier alpha value is -1.95. The lowest BCUT2D eigenvalue weighted by Crippen LogP contribution is -2.43. The van der Waals surface area contributed by atoms with E-state index in [1.54, 1.807) is 4.90 Å². The fourth-order valence-corrected chi connectivity index (χ4v) is 3.04. The van der Waals surface area contributed by atoms with Crippen molar-refractivity contribution in [3.8, 4) is 11.5 Å². The zero-order chi connectivity index (χ0) is 18.8. The molecule has 6 heteroatoms. The molecule has 0 saturated carbocycles. The van der Waals surface area contributed by atoms with Crippen LogP contribution in [0.4, 0.5) is 4.79 Å². The minimum Gasteiger partial charge on any atom is -0.490 e. The fraction of sp³-hybridized carbons (Fsp3) is 0.650. The summed E-state index contributed by atoms with van der Waals surface area (Å²) in [6.07, 6.45) is 4.24. The molecule has 1 N–H and O–H groups in total. The summed E-state index contributed by atoms with van der Waals surface area (Å²) < 4.78 is 16.9. The molecule has 6 nitrogen and oxygen atoms in total. The number of ether oxygens (including phenoxy) is 3. The van der Waals surface area contributed by atoms with Gasteiger partial charge in [0.15, 0.2) is 11.5 Å². The summed E-state index contributed by atoms with van der Waals surface area (Å²) >= 11 is 0. The highest BCUT2D eigenvalue weighted by Gasteiger charge is 2.18. The van der Waals surface area contributed by atoms with E-state index in [4.69, 9.17) is 14.2 Å². The molecule has 1 atom stereocenters. The van der Waals surface area contributed by atoms with Gasteiger partial charge in [-0.1, -0.05) is 6.07 Å². The summed E-state index contributed by atoms with van der Waals surface area (Å²) in [6.45, 7) is 7.13. The van der Waals surface area contributed by atoms with E-state index in [2.05, 4.69) is 5.32 Å². The first-order valence-corrected chi connectivity index (χ1v) is 9.63.